The van der Waals surface area contributed by atoms with Gasteiger partial charge in [0.1, 0.15) is 12.4 Å². The van der Waals surface area contributed by atoms with Crippen molar-refractivity contribution in [3.8, 4) is 11.8 Å². The van der Waals surface area contributed by atoms with Crippen LogP contribution in [0, 0.1) is 11.3 Å². The number of anilines is 1. The molecule has 0 atom stereocenters. The molecule has 134 valence electrons. The maximum absolute atomic E-state index is 12.4. The van der Waals surface area contributed by atoms with Gasteiger partial charge < -0.3 is 15.0 Å². The predicted molar refractivity (Wildman–Crippen MR) is 104 cm³/mol. The summed E-state index contributed by atoms with van der Waals surface area (Å²) in [4.78, 5) is 14.3. The number of benzene rings is 2. The van der Waals surface area contributed by atoms with E-state index in [1.807, 2.05) is 65.2 Å². The van der Waals surface area contributed by atoms with Crippen LogP contribution >= 0.6 is 11.8 Å². The number of hydrogen-bond donors (Lipinski definition) is 1. The zero-order valence-corrected chi connectivity index (χ0v) is 15.3. The molecule has 1 N–H and O–H groups in total. The molecule has 1 saturated heterocycles. The topological polar surface area (TPSA) is 65.4 Å². The molecule has 0 radical (unpaired) electrons. The lowest BCUT2D eigenvalue weighted by molar-refractivity contribution is 0.217. The smallest absolute Gasteiger partial charge is 0.321 e. The van der Waals surface area contributed by atoms with Crippen LogP contribution in [0.1, 0.15) is 11.1 Å². The number of ether oxygens (including phenoxy) is 1. The Kier molecular flexibility index (Phi) is 6.39. The van der Waals surface area contributed by atoms with Crippen LogP contribution in [0.4, 0.5) is 10.5 Å². The molecule has 6 heteroatoms. The molecule has 0 saturated carbocycles. The quantitative estimate of drug-likeness (QED) is 0.870. The summed E-state index contributed by atoms with van der Waals surface area (Å²) in [5.74, 6) is 2.71. The fourth-order valence-electron chi connectivity index (χ4n) is 2.68. The monoisotopic (exact) mass is 367 g/mol. The summed E-state index contributed by atoms with van der Waals surface area (Å²) in [5, 5.41) is 11.7. The number of nitrogens with zero attached hydrogens (tertiary/aromatic N) is 2. The normalized spacial score (nSPS) is 13.7. The van der Waals surface area contributed by atoms with Crippen molar-refractivity contribution in [1.29, 1.82) is 5.26 Å². The third-order valence-corrected chi connectivity index (χ3v) is 5.10. The van der Waals surface area contributed by atoms with Crippen LogP contribution in [0.25, 0.3) is 0 Å². The number of nitrogens with one attached hydrogen (secondary N) is 1. The zero-order valence-electron chi connectivity index (χ0n) is 14.5. The largest absolute Gasteiger partial charge is 0.489 e. The molecule has 2 aromatic carbocycles. The zero-order chi connectivity index (χ0) is 18.2. The van der Waals surface area contributed by atoms with Gasteiger partial charge in [-0.15, -0.1) is 0 Å². The molecule has 0 spiro atoms. The van der Waals surface area contributed by atoms with Crippen LogP contribution in [0.3, 0.4) is 0 Å². The second kappa shape index (κ2) is 9.16. The first-order valence-corrected chi connectivity index (χ1v) is 9.72. The Labute approximate surface area is 158 Å². The van der Waals surface area contributed by atoms with Crippen LogP contribution in [-0.2, 0) is 13.0 Å². The van der Waals surface area contributed by atoms with Gasteiger partial charge in [-0.2, -0.15) is 17.0 Å². The van der Waals surface area contributed by atoms with Gasteiger partial charge in [0, 0.05) is 35.8 Å². The summed E-state index contributed by atoms with van der Waals surface area (Å²) in [6.45, 7) is 1.93. The average Bonchev–Trinajstić information content (AvgIpc) is 2.69. The summed E-state index contributed by atoms with van der Waals surface area (Å²) in [6.07, 6.45) is 0.393. The molecule has 2 aromatic rings. The van der Waals surface area contributed by atoms with Gasteiger partial charge >= 0.3 is 6.03 Å². The van der Waals surface area contributed by atoms with Gasteiger partial charge in [0.05, 0.1) is 12.5 Å². The van der Waals surface area contributed by atoms with E-state index < -0.39 is 0 Å². The van der Waals surface area contributed by atoms with E-state index in [1.54, 1.807) is 0 Å². The van der Waals surface area contributed by atoms with Crippen molar-refractivity contribution in [1.82, 2.24) is 4.90 Å². The molecule has 0 aliphatic carbocycles. The third kappa shape index (κ3) is 4.93. The maximum Gasteiger partial charge on any atom is 0.321 e. The van der Waals surface area contributed by atoms with Gasteiger partial charge in [-0.05, 0) is 23.8 Å². The van der Waals surface area contributed by atoms with E-state index in [9.17, 15) is 4.79 Å². The first-order chi connectivity index (χ1) is 12.8. The van der Waals surface area contributed by atoms with Gasteiger partial charge in [-0.1, -0.05) is 30.3 Å². The Bertz CT molecular complexity index is 780. The molecule has 0 aromatic heterocycles. The summed E-state index contributed by atoms with van der Waals surface area (Å²) in [5.41, 5.74) is 2.66. The minimum Gasteiger partial charge on any atom is -0.489 e. The standard InChI is InChI=1S/C20H21N3O2S/c21-10-9-16-5-7-18(8-6-16)25-15-17-3-1-2-4-19(17)22-20(24)23-11-13-26-14-12-23/h1-8H,9,11-15H2,(H,22,24). The highest BCUT2D eigenvalue weighted by atomic mass is 32.2. The first-order valence-electron chi connectivity index (χ1n) is 8.56. The van der Waals surface area contributed by atoms with Crippen LogP contribution in [-0.4, -0.2) is 35.5 Å². The van der Waals surface area contributed by atoms with Crippen molar-refractivity contribution in [2.45, 2.75) is 13.0 Å². The number of hydrogen-bond acceptors (Lipinski definition) is 4. The maximum atomic E-state index is 12.4. The van der Waals surface area contributed by atoms with Crippen LogP contribution in [0.5, 0.6) is 5.75 Å². The summed E-state index contributed by atoms with van der Waals surface area (Å²) >= 11 is 1.88. The molecule has 0 unspecified atom stereocenters. The molecular formula is C20H21N3O2S. The highest BCUT2D eigenvalue weighted by Crippen LogP contribution is 2.20. The fraction of sp³-hybridized carbons (Fsp3) is 0.300. The summed E-state index contributed by atoms with van der Waals surface area (Å²) in [7, 11) is 0. The Balaban J connectivity index is 1.61. The van der Waals surface area contributed by atoms with E-state index in [4.69, 9.17) is 10.00 Å². The molecule has 1 heterocycles. The second-order valence-corrected chi connectivity index (χ2v) is 7.18. The number of urea groups is 1. The molecule has 1 fully saturated rings. The number of thioether (sulfide) groups is 1. The van der Waals surface area contributed by atoms with E-state index >= 15 is 0 Å². The van der Waals surface area contributed by atoms with E-state index in [2.05, 4.69) is 11.4 Å². The number of nitriles is 1. The molecule has 1 aliphatic heterocycles. The molecule has 5 nitrogen and oxygen atoms in total. The highest BCUT2D eigenvalue weighted by molar-refractivity contribution is 7.99. The molecule has 2 amide bonds. The molecule has 3 rings (SSSR count). The lowest BCUT2D eigenvalue weighted by Gasteiger charge is -2.27. The Hall–Kier alpha value is -2.65. The molecule has 26 heavy (non-hydrogen) atoms. The van der Waals surface area contributed by atoms with Crippen molar-refractivity contribution in [3.63, 3.8) is 0 Å². The van der Waals surface area contributed by atoms with Crippen molar-refractivity contribution >= 4 is 23.5 Å². The molecule has 0 bridgehead atoms. The van der Waals surface area contributed by atoms with Crippen LogP contribution in [0.15, 0.2) is 48.5 Å². The average molecular weight is 367 g/mol. The van der Waals surface area contributed by atoms with Crippen molar-refractivity contribution < 1.29 is 9.53 Å². The van der Waals surface area contributed by atoms with Crippen LogP contribution < -0.4 is 10.1 Å². The predicted octanol–water partition coefficient (Wildman–Crippen LogP) is 3.91. The SMILES string of the molecule is N#CCc1ccc(OCc2ccccc2NC(=O)N2CCSCC2)cc1. The van der Waals surface area contributed by atoms with E-state index in [1.165, 1.54) is 0 Å². The van der Waals surface area contributed by atoms with E-state index in [0.717, 1.165) is 47.2 Å². The Morgan fingerprint density at radius 3 is 2.62 bits per heavy atom. The van der Waals surface area contributed by atoms with Gasteiger partial charge in [0.25, 0.3) is 0 Å². The number of carbonyl (C=O) groups is 1. The lowest BCUT2D eigenvalue weighted by atomic mass is 10.1. The van der Waals surface area contributed by atoms with Crippen LogP contribution in [0.2, 0.25) is 0 Å². The van der Waals surface area contributed by atoms with E-state index in [-0.39, 0.29) is 6.03 Å². The number of carbonyl (C=O) groups excluding carboxylic acids is 1. The molecule has 1 aliphatic rings. The van der Waals surface area contributed by atoms with Gasteiger partial charge in [-0.25, -0.2) is 4.79 Å². The summed E-state index contributed by atoms with van der Waals surface area (Å²) < 4.78 is 5.84. The fourth-order valence-corrected chi connectivity index (χ4v) is 3.59. The van der Waals surface area contributed by atoms with Gasteiger partial charge in [0.2, 0.25) is 0 Å². The van der Waals surface area contributed by atoms with Crippen molar-refractivity contribution in [2.75, 3.05) is 29.9 Å². The Morgan fingerprint density at radius 2 is 1.88 bits per heavy atom. The molecular weight excluding hydrogens is 346 g/mol. The van der Waals surface area contributed by atoms with Gasteiger partial charge in [-0.3, -0.25) is 0 Å². The number of rotatable bonds is 5. The lowest BCUT2D eigenvalue weighted by Crippen LogP contribution is -2.40. The number of amides is 2. The Morgan fingerprint density at radius 1 is 1.15 bits per heavy atom. The minimum absolute atomic E-state index is 0.0568. The third-order valence-electron chi connectivity index (χ3n) is 4.16. The first kappa shape index (κ1) is 18.2. The summed E-state index contributed by atoms with van der Waals surface area (Å²) in [6, 6.07) is 17.3. The highest BCUT2D eigenvalue weighted by Gasteiger charge is 2.17. The second-order valence-electron chi connectivity index (χ2n) is 5.95. The number of para-hydroxylation sites is 1. The van der Waals surface area contributed by atoms with Crippen molar-refractivity contribution in [3.05, 3.63) is 59.7 Å². The van der Waals surface area contributed by atoms with E-state index in [0.29, 0.717) is 13.0 Å². The van der Waals surface area contributed by atoms with Gasteiger partial charge in [0.15, 0.2) is 0 Å². The minimum atomic E-state index is -0.0568. The van der Waals surface area contributed by atoms with Crippen molar-refractivity contribution in [2.24, 2.45) is 0 Å².